The molecule has 2 rings (SSSR count). The number of rotatable bonds is 3. The third-order valence-corrected chi connectivity index (χ3v) is 3.43. The van der Waals surface area contributed by atoms with Crippen LogP contribution in [0.25, 0.3) is 0 Å². The third-order valence-electron chi connectivity index (χ3n) is 3.03. The zero-order valence-corrected chi connectivity index (χ0v) is 9.83. The highest BCUT2D eigenvalue weighted by Crippen LogP contribution is 2.37. The Bertz CT molecular complexity index is 307. The van der Waals surface area contributed by atoms with E-state index in [1.165, 1.54) is 12.0 Å². The van der Waals surface area contributed by atoms with Crippen molar-refractivity contribution < 1.29 is 4.74 Å². The molecular formula is C13H17ClO. The molecule has 1 saturated carbocycles. The van der Waals surface area contributed by atoms with Gasteiger partial charge in [-0.05, 0) is 49.8 Å². The predicted molar refractivity (Wildman–Crippen MR) is 63.8 cm³/mol. The fourth-order valence-corrected chi connectivity index (χ4v) is 2.57. The molecule has 2 heteroatoms. The van der Waals surface area contributed by atoms with E-state index >= 15 is 0 Å². The molecule has 1 aromatic carbocycles. The molecule has 15 heavy (non-hydrogen) atoms. The zero-order chi connectivity index (χ0) is 10.7. The molecule has 0 radical (unpaired) electrons. The molecule has 0 amide bonds. The summed E-state index contributed by atoms with van der Waals surface area (Å²) in [6.45, 7) is 2.73. The van der Waals surface area contributed by atoms with Crippen molar-refractivity contribution in [2.75, 3.05) is 6.61 Å². The van der Waals surface area contributed by atoms with Crippen molar-refractivity contribution in [2.45, 2.75) is 37.5 Å². The summed E-state index contributed by atoms with van der Waals surface area (Å²) in [6.07, 6.45) is 3.50. The molecule has 0 aliphatic heterocycles. The van der Waals surface area contributed by atoms with Crippen molar-refractivity contribution in [1.82, 2.24) is 0 Å². The second-order valence-corrected chi connectivity index (χ2v) is 4.73. The number of ether oxygens (including phenoxy) is 1. The summed E-state index contributed by atoms with van der Waals surface area (Å²) in [4.78, 5) is 0. The molecule has 0 saturated heterocycles. The molecule has 2 unspecified atom stereocenters. The van der Waals surface area contributed by atoms with E-state index in [2.05, 4.69) is 24.3 Å². The van der Waals surface area contributed by atoms with Crippen LogP contribution in [-0.2, 0) is 0 Å². The van der Waals surface area contributed by atoms with E-state index < -0.39 is 0 Å². The summed E-state index contributed by atoms with van der Waals surface area (Å²) in [5, 5.41) is 0.376. The van der Waals surface area contributed by atoms with Crippen LogP contribution in [0.5, 0.6) is 5.75 Å². The number of alkyl halides is 1. The van der Waals surface area contributed by atoms with Gasteiger partial charge in [0.05, 0.1) is 6.61 Å². The topological polar surface area (TPSA) is 9.23 Å². The van der Waals surface area contributed by atoms with Crippen molar-refractivity contribution in [3.63, 3.8) is 0 Å². The lowest BCUT2D eigenvalue weighted by molar-refractivity contribution is 0.340. The minimum atomic E-state index is 0.376. The third kappa shape index (κ3) is 2.66. The zero-order valence-electron chi connectivity index (χ0n) is 9.08. The first-order valence-electron chi connectivity index (χ1n) is 5.66. The average Bonchev–Trinajstić information content (AvgIpc) is 2.67. The van der Waals surface area contributed by atoms with Gasteiger partial charge < -0.3 is 4.74 Å². The molecule has 2 atom stereocenters. The van der Waals surface area contributed by atoms with Gasteiger partial charge >= 0.3 is 0 Å². The van der Waals surface area contributed by atoms with Crippen molar-refractivity contribution >= 4 is 11.6 Å². The quantitative estimate of drug-likeness (QED) is 0.707. The number of halogens is 1. The molecule has 1 aliphatic carbocycles. The van der Waals surface area contributed by atoms with Crippen LogP contribution in [0.4, 0.5) is 0 Å². The summed E-state index contributed by atoms with van der Waals surface area (Å²) in [7, 11) is 0. The second-order valence-electron chi connectivity index (χ2n) is 4.11. The number of hydrogen-bond acceptors (Lipinski definition) is 1. The Balaban J connectivity index is 2.03. The Kier molecular flexibility index (Phi) is 3.53. The van der Waals surface area contributed by atoms with Gasteiger partial charge in [-0.15, -0.1) is 11.6 Å². The Morgan fingerprint density at radius 3 is 2.53 bits per heavy atom. The van der Waals surface area contributed by atoms with Gasteiger partial charge in [0.2, 0.25) is 0 Å². The van der Waals surface area contributed by atoms with Crippen LogP contribution in [0.3, 0.4) is 0 Å². The molecule has 1 fully saturated rings. The van der Waals surface area contributed by atoms with Crippen LogP contribution in [-0.4, -0.2) is 12.0 Å². The molecule has 0 bridgehead atoms. The number of benzene rings is 1. The summed E-state index contributed by atoms with van der Waals surface area (Å²) in [6, 6.07) is 8.45. The Labute approximate surface area is 96.4 Å². The van der Waals surface area contributed by atoms with Crippen molar-refractivity contribution in [3.8, 4) is 5.75 Å². The predicted octanol–water partition coefficient (Wildman–Crippen LogP) is 3.96. The lowest BCUT2D eigenvalue weighted by atomic mass is 9.98. The largest absolute Gasteiger partial charge is 0.494 e. The van der Waals surface area contributed by atoms with Gasteiger partial charge in [0, 0.05) is 5.38 Å². The van der Waals surface area contributed by atoms with Gasteiger partial charge in [0.15, 0.2) is 0 Å². The van der Waals surface area contributed by atoms with E-state index in [1.54, 1.807) is 0 Å². The molecule has 0 spiro atoms. The highest BCUT2D eigenvalue weighted by atomic mass is 35.5. The summed E-state index contributed by atoms with van der Waals surface area (Å²) < 4.78 is 5.42. The molecule has 0 aromatic heterocycles. The van der Waals surface area contributed by atoms with E-state index in [0.29, 0.717) is 11.3 Å². The van der Waals surface area contributed by atoms with Crippen LogP contribution in [0.15, 0.2) is 24.3 Å². The first kappa shape index (κ1) is 10.8. The molecule has 1 aliphatic rings. The Morgan fingerprint density at radius 2 is 2.00 bits per heavy atom. The monoisotopic (exact) mass is 224 g/mol. The van der Waals surface area contributed by atoms with E-state index in [0.717, 1.165) is 25.2 Å². The minimum Gasteiger partial charge on any atom is -0.494 e. The van der Waals surface area contributed by atoms with Crippen molar-refractivity contribution in [2.24, 2.45) is 0 Å². The standard InChI is InChI=1S/C13H17ClO/c1-2-15-13-7-4-10(5-8-13)11-3-6-12(14)9-11/h4-5,7-8,11-12H,2-3,6,9H2,1H3. The normalized spacial score (nSPS) is 25.5. The van der Waals surface area contributed by atoms with Gasteiger partial charge in [0.25, 0.3) is 0 Å². The maximum Gasteiger partial charge on any atom is 0.119 e. The van der Waals surface area contributed by atoms with Crippen LogP contribution in [0, 0.1) is 0 Å². The van der Waals surface area contributed by atoms with Crippen LogP contribution < -0.4 is 4.74 Å². The second kappa shape index (κ2) is 4.89. The molecule has 0 heterocycles. The van der Waals surface area contributed by atoms with Crippen molar-refractivity contribution in [3.05, 3.63) is 29.8 Å². The number of hydrogen-bond donors (Lipinski definition) is 0. The van der Waals surface area contributed by atoms with E-state index in [1.807, 2.05) is 6.92 Å². The van der Waals surface area contributed by atoms with Crippen LogP contribution >= 0.6 is 11.6 Å². The highest BCUT2D eigenvalue weighted by molar-refractivity contribution is 6.20. The molecule has 82 valence electrons. The van der Waals surface area contributed by atoms with E-state index in [4.69, 9.17) is 16.3 Å². The first-order valence-corrected chi connectivity index (χ1v) is 6.10. The lowest BCUT2D eigenvalue weighted by Gasteiger charge is -2.10. The van der Waals surface area contributed by atoms with Gasteiger partial charge in [0.1, 0.15) is 5.75 Å². The SMILES string of the molecule is CCOc1ccc(C2CCC(Cl)C2)cc1. The van der Waals surface area contributed by atoms with Gasteiger partial charge in [-0.1, -0.05) is 12.1 Å². The van der Waals surface area contributed by atoms with Gasteiger partial charge in [-0.2, -0.15) is 0 Å². The lowest BCUT2D eigenvalue weighted by Crippen LogP contribution is -1.95. The average molecular weight is 225 g/mol. The molecule has 0 N–H and O–H groups in total. The smallest absolute Gasteiger partial charge is 0.119 e. The summed E-state index contributed by atoms with van der Waals surface area (Å²) in [5.74, 6) is 1.62. The maximum atomic E-state index is 6.11. The fourth-order valence-electron chi connectivity index (χ4n) is 2.23. The Hall–Kier alpha value is -0.690. The highest BCUT2D eigenvalue weighted by Gasteiger charge is 2.23. The van der Waals surface area contributed by atoms with Crippen LogP contribution in [0.1, 0.15) is 37.7 Å². The maximum absolute atomic E-state index is 6.11. The fraction of sp³-hybridized carbons (Fsp3) is 0.538. The minimum absolute atomic E-state index is 0.376. The summed E-state index contributed by atoms with van der Waals surface area (Å²) in [5.41, 5.74) is 1.40. The summed E-state index contributed by atoms with van der Waals surface area (Å²) >= 11 is 6.11. The Morgan fingerprint density at radius 1 is 1.27 bits per heavy atom. The first-order chi connectivity index (χ1) is 7.29. The van der Waals surface area contributed by atoms with Gasteiger partial charge in [-0.25, -0.2) is 0 Å². The van der Waals surface area contributed by atoms with E-state index in [9.17, 15) is 0 Å². The molecule has 1 aromatic rings. The van der Waals surface area contributed by atoms with Crippen LogP contribution in [0.2, 0.25) is 0 Å². The van der Waals surface area contributed by atoms with Gasteiger partial charge in [-0.3, -0.25) is 0 Å². The van der Waals surface area contributed by atoms with E-state index in [-0.39, 0.29) is 0 Å². The molecule has 1 nitrogen and oxygen atoms in total. The molecular weight excluding hydrogens is 208 g/mol. The van der Waals surface area contributed by atoms with Crippen molar-refractivity contribution in [1.29, 1.82) is 0 Å².